The zero-order chi connectivity index (χ0) is 26.5. The molecule has 3 heterocycles. The molecule has 2 aromatic carbocycles. The molecule has 3 aromatic rings. The standard InChI is InChI=1S/C24H20BrCl2N3O6S/c1-24(11-14-2-4-15(25)5-3-14)21(31)29(18-9-16(26)8-17(27)10-18)22-28-12-20(30(22)24)37(33,34)7-6-19-13-35-23(32)36-19/h2-5,8-10,12,19H,6-7,11,13H2,1H3. The quantitative estimate of drug-likeness (QED) is 0.327. The van der Waals surface area contributed by atoms with E-state index < -0.39 is 27.6 Å². The summed E-state index contributed by atoms with van der Waals surface area (Å²) in [7, 11) is -3.95. The molecule has 0 N–H and O–H groups in total. The number of aromatic nitrogens is 2. The largest absolute Gasteiger partial charge is 0.508 e. The SMILES string of the molecule is CC1(Cc2ccc(Br)cc2)C(=O)N(c2cc(Cl)cc(Cl)c2)c2ncc(S(=O)(=O)CCC3COC(=O)O3)n21. The van der Waals surface area contributed by atoms with Crippen LogP contribution in [0.15, 0.2) is 58.2 Å². The molecule has 1 saturated heterocycles. The average molecular weight is 629 g/mol. The molecule has 1 amide bonds. The van der Waals surface area contributed by atoms with E-state index in [0.29, 0.717) is 15.7 Å². The summed E-state index contributed by atoms with van der Waals surface area (Å²) in [4.78, 5) is 30.9. The van der Waals surface area contributed by atoms with Crippen molar-refractivity contribution in [2.45, 2.75) is 36.4 Å². The van der Waals surface area contributed by atoms with Crippen molar-refractivity contribution in [2.24, 2.45) is 0 Å². The predicted octanol–water partition coefficient (Wildman–Crippen LogP) is 5.29. The fourth-order valence-corrected chi connectivity index (χ4v) is 6.89. The van der Waals surface area contributed by atoms with Gasteiger partial charge in [0.15, 0.2) is 14.9 Å². The first-order valence-electron chi connectivity index (χ1n) is 11.2. The third-order valence-electron chi connectivity index (χ3n) is 6.31. The summed E-state index contributed by atoms with van der Waals surface area (Å²) >= 11 is 15.8. The molecule has 37 heavy (non-hydrogen) atoms. The molecule has 2 unspecified atom stereocenters. The third kappa shape index (κ3) is 4.85. The molecule has 2 atom stereocenters. The number of sulfone groups is 1. The highest BCUT2D eigenvalue weighted by Crippen LogP contribution is 2.44. The maximum atomic E-state index is 14.0. The summed E-state index contributed by atoms with van der Waals surface area (Å²) in [6.45, 7) is 1.67. The topological polar surface area (TPSA) is 108 Å². The van der Waals surface area contributed by atoms with Crippen LogP contribution in [0.2, 0.25) is 10.0 Å². The first kappa shape index (κ1) is 26.0. The van der Waals surface area contributed by atoms with Gasteiger partial charge in [0.2, 0.25) is 5.95 Å². The fourth-order valence-electron chi connectivity index (χ4n) is 4.55. The highest BCUT2D eigenvalue weighted by Gasteiger charge is 2.51. The van der Waals surface area contributed by atoms with Crippen LogP contribution in [0, 0.1) is 0 Å². The van der Waals surface area contributed by atoms with E-state index in [-0.39, 0.29) is 42.1 Å². The molecule has 0 aliphatic carbocycles. The predicted molar refractivity (Wildman–Crippen MR) is 140 cm³/mol. The van der Waals surface area contributed by atoms with Crippen molar-refractivity contribution in [3.8, 4) is 0 Å². The summed E-state index contributed by atoms with van der Waals surface area (Å²) < 4.78 is 39.1. The Morgan fingerprint density at radius 2 is 1.81 bits per heavy atom. The zero-order valence-electron chi connectivity index (χ0n) is 19.4. The number of carbonyl (C=O) groups is 2. The van der Waals surface area contributed by atoms with Gasteiger partial charge in [0.25, 0.3) is 5.91 Å². The summed E-state index contributed by atoms with van der Waals surface area (Å²) in [6.07, 6.45) is -0.00304. The lowest BCUT2D eigenvalue weighted by Crippen LogP contribution is -2.42. The molecule has 1 fully saturated rings. The van der Waals surface area contributed by atoms with Crippen molar-refractivity contribution in [1.29, 1.82) is 0 Å². The van der Waals surface area contributed by atoms with Crippen molar-refractivity contribution in [1.82, 2.24) is 9.55 Å². The third-order valence-corrected chi connectivity index (χ3v) is 8.98. The summed E-state index contributed by atoms with van der Waals surface area (Å²) in [5, 5.41) is 0.517. The normalized spacial score (nSPS) is 21.2. The van der Waals surface area contributed by atoms with Gasteiger partial charge in [-0.05, 0) is 42.8 Å². The number of halogens is 3. The molecule has 0 spiro atoms. The minimum atomic E-state index is -3.95. The highest BCUT2D eigenvalue weighted by atomic mass is 79.9. The smallest absolute Gasteiger partial charge is 0.430 e. The molecule has 0 saturated carbocycles. The Morgan fingerprint density at radius 1 is 1.14 bits per heavy atom. The summed E-state index contributed by atoms with van der Waals surface area (Å²) in [6, 6.07) is 12.1. The molecule has 0 bridgehead atoms. The lowest BCUT2D eigenvalue weighted by atomic mass is 9.92. The van der Waals surface area contributed by atoms with Gasteiger partial charge in [-0.2, -0.15) is 0 Å². The van der Waals surface area contributed by atoms with Gasteiger partial charge >= 0.3 is 6.16 Å². The second kappa shape index (κ2) is 9.61. The zero-order valence-corrected chi connectivity index (χ0v) is 23.3. The van der Waals surface area contributed by atoms with Crippen LogP contribution >= 0.6 is 39.1 Å². The van der Waals surface area contributed by atoms with Crippen LogP contribution in [0.5, 0.6) is 0 Å². The van der Waals surface area contributed by atoms with Gasteiger partial charge < -0.3 is 9.47 Å². The van der Waals surface area contributed by atoms with Gasteiger partial charge in [-0.15, -0.1) is 0 Å². The lowest BCUT2D eigenvalue weighted by molar-refractivity contribution is -0.124. The molecular weight excluding hydrogens is 609 g/mol. The lowest BCUT2D eigenvalue weighted by Gasteiger charge is -2.26. The second-order valence-electron chi connectivity index (χ2n) is 8.99. The Hall–Kier alpha value is -2.60. The van der Waals surface area contributed by atoms with Gasteiger partial charge in [-0.1, -0.05) is 51.3 Å². The number of hydrogen-bond donors (Lipinski definition) is 0. The Balaban J connectivity index is 1.59. The molecule has 2 aliphatic heterocycles. The van der Waals surface area contributed by atoms with E-state index in [4.69, 9.17) is 32.7 Å². The minimum Gasteiger partial charge on any atom is -0.430 e. The van der Waals surface area contributed by atoms with E-state index in [2.05, 4.69) is 20.9 Å². The number of carbonyl (C=O) groups excluding carboxylic acids is 2. The number of ether oxygens (including phenoxy) is 2. The van der Waals surface area contributed by atoms with Gasteiger partial charge in [-0.3, -0.25) is 9.36 Å². The van der Waals surface area contributed by atoms with Crippen molar-refractivity contribution in [2.75, 3.05) is 17.3 Å². The molecule has 9 nitrogen and oxygen atoms in total. The Morgan fingerprint density at radius 3 is 2.43 bits per heavy atom. The number of amides is 1. The van der Waals surface area contributed by atoms with Crippen LogP contribution in [0.25, 0.3) is 0 Å². The van der Waals surface area contributed by atoms with Crippen molar-refractivity contribution in [3.05, 3.63) is 68.7 Å². The number of anilines is 2. The van der Waals surface area contributed by atoms with Crippen LogP contribution in [0.1, 0.15) is 18.9 Å². The average Bonchev–Trinajstić information content (AvgIpc) is 3.50. The van der Waals surface area contributed by atoms with Crippen LogP contribution in [-0.4, -0.2) is 48.5 Å². The van der Waals surface area contributed by atoms with Crippen molar-refractivity contribution < 1.29 is 27.5 Å². The fraction of sp³-hybridized carbons (Fsp3) is 0.292. The van der Waals surface area contributed by atoms with Crippen molar-refractivity contribution >= 4 is 72.7 Å². The van der Waals surface area contributed by atoms with Gasteiger partial charge in [-0.25, -0.2) is 23.1 Å². The second-order valence-corrected chi connectivity index (χ2v) is 12.8. The monoisotopic (exact) mass is 627 g/mol. The van der Waals surface area contributed by atoms with Crippen LogP contribution in [0.4, 0.5) is 16.4 Å². The number of imidazole rings is 1. The molecule has 13 heteroatoms. The van der Waals surface area contributed by atoms with Crippen LogP contribution < -0.4 is 4.90 Å². The number of benzene rings is 2. The highest BCUT2D eigenvalue weighted by molar-refractivity contribution is 9.10. The number of fused-ring (bicyclic) bond motifs is 1. The summed E-state index contributed by atoms with van der Waals surface area (Å²) in [5.41, 5.74) is -0.143. The van der Waals surface area contributed by atoms with E-state index in [1.807, 2.05) is 24.3 Å². The number of cyclic esters (lactones) is 2. The molecule has 1 aromatic heterocycles. The molecule has 5 rings (SSSR count). The minimum absolute atomic E-state index is 0.0120. The van der Waals surface area contributed by atoms with E-state index in [1.54, 1.807) is 19.1 Å². The van der Waals surface area contributed by atoms with Crippen LogP contribution in [0.3, 0.4) is 0 Å². The van der Waals surface area contributed by atoms with Crippen LogP contribution in [-0.2, 0) is 36.1 Å². The Labute approximate surface area is 231 Å². The first-order chi connectivity index (χ1) is 17.5. The van der Waals surface area contributed by atoms with E-state index in [9.17, 15) is 18.0 Å². The number of hydrogen-bond acceptors (Lipinski definition) is 7. The molecule has 2 aliphatic rings. The van der Waals surface area contributed by atoms with Gasteiger partial charge in [0.05, 0.1) is 17.6 Å². The van der Waals surface area contributed by atoms with Gasteiger partial charge in [0.1, 0.15) is 18.2 Å². The van der Waals surface area contributed by atoms with E-state index in [0.717, 1.165) is 10.0 Å². The molecule has 0 radical (unpaired) electrons. The molecular formula is C24H20BrCl2N3O6S. The maximum absolute atomic E-state index is 14.0. The first-order valence-corrected chi connectivity index (χ1v) is 14.4. The number of nitrogens with zero attached hydrogens (tertiary/aromatic N) is 3. The van der Waals surface area contributed by atoms with E-state index in [1.165, 1.54) is 21.7 Å². The Bertz CT molecular complexity index is 1490. The summed E-state index contributed by atoms with van der Waals surface area (Å²) in [5.74, 6) is -0.575. The van der Waals surface area contributed by atoms with Crippen molar-refractivity contribution in [3.63, 3.8) is 0 Å². The molecule has 194 valence electrons. The maximum Gasteiger partial charge on any atom is 0.508 e. The Kier molecular flexibility index (Phi) is 6.76. The number of rotatable bonds is 7. The van der Waals surface area contributed by atoms with E-state index >= 15 is 0 Å². The van der Waals surface area contributed by atoms with Gasteiger partial charge in [0, 0.05) is 27.4 Å².